The quantitative estimate of drug-likeness (QED) is 0.780. The van der Waals surface area contributed by atoms with Crippen molar-refractivity contribution in [3.63, 3.8) is 0 Å². The van der Waals surface area contributed by atoms with Crippen molar-refractivity contribution in [3.05, 3.63) is 38.1 Å². The maximum Gasteiger partial charge on any atom is 0.110 e. The Balaban J connectivity index is 2.06. The Morgan fingerprint density at radius 3 is 3.12 bits per heavy atom. The van der Waals surface area contributed by atoms with E-state index < -0.39 is 0 Å². The van der Waals surface area contributed by atoms with E-state index in [2.05, 4.69) is 41.1 Å². The zero-order valence-corrected chi connectivity index (χ0v) is 11.9. The van der Waals surface area contributed by atoms with Crippen LogP contribution in [0.5, 0.6) is 0 Å². The first-order valence-corrected chi connectivity index (χ1v) is 7.34. The first-order chi connectivity index (χ1) is 8.19. The van der Waals surface area contributed by atoms with E-state index in [4.69, 9.17) is 10.7 Å². The second kappa shape index (κ2) is 4.19. The fourth-order valence-electron chi connectivity index (χ4n) is 2.15. The third-order valence-corrected chi connectivity index (χ3v) is 4.82. The van der Waals surface area contributed by atoms with Gasteiger partial charge in [0.05, 0.1) is 11.7 Å². The molecule has 0 fully saturated rings. The Morgan fingerprint density at radius 1 is 1.53 bits per heavy atom. The predicted molar refractivity (Wildman–Crippen MR) is 75.3 cm³/mol. The molecule has 2 N–H and O–H groups in total. The van der Waals surface area contributed by atoms with Gasteiger partial charge in [0, 0.05) is 21.3 Å². The molecule has 1 aromatic carbocycles. The monoisotopic (exact) mass is 308 g/mol. The molecule has 0 radical (unpaired) electrons. The van der Waals surface area contributed by atoms with Gasteiger partial charge in [-0.2, -0.15) is 0 Å². The highest BCUT2D eigenvalue weighted by Gasteiger charge is 2.24. The maximum absolute atomic E-state index is 6.04. The molecule has 1 heterocycles. The molecule has 0 bridgehead atoms. The second-order valence-corrected chi connectivity index (χ2v) is 6.35. The average Bonchev–Trinajstić information content (AvgIpc) is 2.84. The third-order valence-electron chi connectivity index (χ3n) is 3.14. The van der Waals surface area contributed by atoms with E-state index >= 15 is 0 Å². The summed E-state index contributed by atoms with van der Waals surface area (Å²) in [5, 5.41) is 1.08. The van der Waals surface area contributed by atoms with E-state index in [-0.39, 0.29) is 6.04 Å². The predicted octanol–water partition coefficient (Wildman–Crippen LogP) is 3.89. The molecule has 1 aromatic heterocycles. The highest BCUT2D eigenvalue weighted by atomic mass is 79.9. The summed E-state index contributed by atoms with van der Waals surface area (Å²) >= 11 is 5.28. The lowest BCUT2D eigenvalue weighted by Crippen LogP contribution is -2.07. The van der Waals surface area contributed by atoms with Crippen molar-refractivity contribution in [1.29, 1.82) is 0 Å². The molecule has 2 nitrogen and oxygen atoms in total. The summed E-state index contributed by atoms with van der Waals surface area (Å²) < 4.78 is 1.14. The lowest BCUT2D eigenvalue weighted by atomic mass is 10.1. The summed E-state index contributed by atoms with van der Waals surface area (Å²) in [5.41, 5.74) is 9.83. The van der Waals surface area contributed by atoms with E-state index in [0.29, 0.717) is 0 Å². The van der Waals surface area contributed by atoms with Gasteiger partial charge in [0.2, 0.25) is 0 Å². The highest BCUT2D eigenvalue weighted by Crippen LogP contribution is 2.41. The number of nitrogens with two attached hydrogens (primary N) is 1. The maximum atomic E-state index is 6.04. The molecule has 0 spiro atoms. The first kappa shape index (κ1) is 11.4. The molecule has 2 aromatic rings. The SMILES string of the molecule is CCC(N)c1nc2c(s1)Cc1cc(Br)ccc1-2. The zero-order valence-electron chi connectivity index (χ0n) is 9.53. The van der Waals surface area contributed by atoms with E-state index in [1.807, 2.05) is 0 Å². The van der Waals surface area contributed by atoms with Crippen LogP contribution in [0.4, 0.5) is 0 Å². The normalized spacial score (nSPS) is 14.5. The van der Waals surface area contributed by atoms with Crippen molar-refractivity contribution in [2.45, 2.75) is 25.8 Å². The third kappa shape index (κ3) is 1.84. The Labute approximate surface area is 113 Å². The number of aromatic nitrogens is 1. The fraction of sp³-hybridized carbons (Fsp3) is 0.308. The Hall–Kier alpha value is -0.710. The van der Waals surface area contributed by atoms with Gasteiger partial charge in [-0.05, 0) is 24.1 Å². The van der Waals surface area contributed by atoms with E-state index in [0.717, 1.165) is 28.0 Å². The minimum Gasteiger partial charge on any atom is -0.322 e. The summed E-state index contributed by atoms with van der Waals surface area (Å²) in [6.45, 7) is 2.10. The smallest absolute Gasteiger partial charge is 0.110 e. The van der Waals surface area contributed by atoms with E-state index in [1.54, 1.807) is 11.3 Å². The van der Waals surface area contributed by atoms with Gasteiger partial charge in [0.15, 0.2) is 0 Å². The minimum atomic E-state index is 0.0875. The molecule has 3 rings (SSSR count). The number of fused-ring (bicyclic) bond motifs is 3. The molecule has 0 saturated heterocycles. The van der Waals surface area contributed by atoms with Crippen LogP contribution in [0.2, 0.25) is 0 Å². The van der Waals surface area contributed by atoms with E-state index in [1.165, 1.54) is 16.0 Å². The van der Waals surface area contributed by atoms with Gasteiger partial charge in [0.1, 0.15) is 5.01 Å². The van der Waals surface area contributed by atoms with Crippen LogP contribution in [-0.2, 0) is 6.42 Å². The largest absolute Gasteiger partial charge is 0.322 e. The molecule has 1 unspecified atom stereocenters. The number of rotatable bonds is 2. The van der Waals surface area contributed by atoms with Crippen molar-refractivity contribution in [3.8, 4) is 11.3 Å². The van der Waals surface area contributed by atoms with Crippen LogP contribution in [0.15, 0.2) is 22.7 Å². The lowest BCUT2D eigenvalue weighted by Gasteiger charge is -2.04. The van der Waals surface area contributed by atoms with Crippen LogP contribution >= 0.6 is 27.3 Å². The molecule has 0 aliphatic heterocycles. The number of benzene rings is 1. The van der Waals surface area contributed by atoms with Crippen LogP contribution in [-0.4, -0.2) is 4.98 Å². The molecule has 4 heteroatoms. The number of nitrogens with zero attached hydrogens (tertiary/aromatic N) is 1. The molecular weight excluding hydrogens is 296 g/mol. The Morgan fingerprint density at radius 2 is 2.35 bits per heavy atom. The summed E-state index contributed by atoms with van der Waals surface area (Å²) in [7, 11) is 0. The van der Waals surface area contributed by atoms with Gasteiger partial charge < -0.3 is 5.73 Å². The zero-order chi connectivity index (χ0) is 12.0. The number of thiazole rings is 1. The van der Waals surface area contributed by atoms with Crippen molar-refractivity contribution in [1.82, 2.24) is 4.98 Å². The molecular formula is C13H13BrN2S. The van der Waals surface area contributed by atoms with Crippen LogP contribution in [0.25, 0.3) is 11.3 Å². The number of halogens is 1. The van der Waals surface area contributed by atoms with Gasteiger partial charge in [-0.25, -0.2) is 4.98 Å². The molecule has 1 atom stereocenters. The van der Waals surface area contributed by atoms with Crippen LogP contribution in [0, 0.1) is 0 Å². The Kier molecular flexibility index (Phi) is 2.81. The molecule has 0 amide bonds. The van der Waals surface area contributed by atoms with Gasteiger partial charge in [0.25, 0.3) is 0 Å². The van der Waals surface area contributed by atoms with Crippen molar-refractivity contribution in [2.24, 2.45) is 5.73 Å². The van der Waals surface area contributed by atoms with Crippen molar-refractivity contribution in [2.75, 3.05) is 0 Å². The van der Waals surface area contributed by atoms with Gasteiger partial charge in [-0.15, -0.1) is 11.3 Å². The topological polar surface area (TPSA) is 38.9 Å². The van der Waals surface area contributed by atoms with Gasteiger partial charge in [-0.3, -0.25) is 0 Å². The minimum absolute atomic E-state index is 0.0875. The lowest BCUT2D eigenvalue weighted by molar-refractivity contribution is 0.693. The highest BCUT2D eigenvalue weighted by molar-refractivity contribution is 9.10. The second-order valence-electron chi connectivity index (χ2n) is 4.32. The molecule has 88 valence electrons. The fourth-order valence-corrected chi connectivity index (χ4v) is 3.74. The summed E-state index contributed by atoms with van der Waals surface area (Å²) in [4.78, 5) is 6.07. The van der Waals surface area contributed by atoms with Crippen LogP contribution in [0.3, 0.4) is 0 Å². The molecule has 0 saturated carbocycles. The van der Waals surface area contributed by atoms with Crippen LogP contribution in [0.1, 0.15) is 34.8 Å². The standard InChI is InChI=1S/C13H13BrN2S/c1-2-10(15)13-16-12-9-4-3-8(14)5-7(9)6-11(12)17-13/h3-5,10H,2,6,15H2,1H3. The summed E-state index contributed by atoms with van der Waals surface area (Å²) in [6.07, 6.45) is 1.94. The number of hydrogen-bond donors (Lipinski definition) is 1. The first-order valence-electron chi connectivity index (χ1n) is 5.73. The van der Waals surface area contributed by atoms with Crippen molar-refractivity contribution < 1.29 is 0 Å². The Bertz CT molecular complexity index is 577. The summed E-state index contributed by atoms with van der Waals surface area (Å²) in [5.74, 6) is 0. The van der Waals surface area contributed by atoms with Gasteiger partial charge >= 0.3 is 0 Å². The summed E-state index contributed by atoms with van der Waals surface area (Å²) in [6, 6.07) is 6.49. The average molecular weight is 309 g/mol. The molecule has 17 heavy (non-hydrogen) atoms. The molecule has 1 aliphatic rings. The van der Waals surface area contributed by atoms with Crippen LogP contribution < -0.4 is 5.73 Å². The number of hydrogen-bond acceptors (Lipinski definition) is 3. The molecule has 1 aliphatic carbocycles. The van der Waals surface area contributed by atoms with Crippen molar-refractivity contribution >= 4 is 27.3 Å². The van der Waals surface area contributed by atoms with Gasteiger partial charge in [-0.1, -0.05) is 28.9 Å². The van der Waals surface area contributed by atoms with E-state index in [9.17, 15) is 0 Å².